The highest BCUT2D eigenvalue weighted by atomic mass is 16.5. The average Bonchev–Trinajstić information content (AvgIpc) is 3.34. The van der Waals surface area contributed by atoms with Gasteiger partial charge in [0.15, 0.2) is 0 Å². The molecule has 2 aliphatic rings. The Morgan fingerprint density at radius 1 is 1.38 bits per heavy atom. The third-order valence-corrected chi connectivity index (χ3v) is 4.81. The predicted molar refractivity (Wildman–Crippen MR) is 99.8 cm³/mol. The molecule has 1 fully saturated rings. The summed E-state index contributed by atoms with van der Waals surface area (Å²) < 4.78 is 5.52. The first-order valence-electron chi connectivity index (χ1n) is 8.83. The number of amides is 2. The Morgan fingerprint density at radius 2 is 2.23 bits per heavy atom. The Morgan fingerprint density at radius 3 is 3.04 bits per heavy atom. The second-order valence-electron chi connectivity index (χ2n) is 6.68. The van der Waals surface area contributed by atoms with Crippen molar-refractivity contribution in [1.29, 1.82) is 0 Å². The van der Waals surface area contributed by atoms with E-state index in [-0.39, 0.29) is 17.9 Å². The number of anilines is 1. The molecule has 2 aromatic rings. The summed E-state index contributed by atoms with van der Waals surface area (Å²) in [5.41, 5.74) is 4.43. The molecule has 6 heteroatoms. The third kappa shape index (κ3) is 3.15. The van der Waals surface area contributed by atoms with Gasteiger partial charge >= 0.3 is 0 Å². The quantitative estimate of drug-likeness (QED) is 0.741. The lowest BCUT2D eigenvalue weighted by Gasteiger charge is -2.09. The molecule has 1 unspecified atom stereocenters. The normalized spacial score (nSPS) is 20.3. The van der Waals surface area contributed by atoms with Crippen molar-refractivity contribution in [1.82, 2.24) is 10.3 Å². The molecular weight excluding hydrogens is 330 g/mol. The van der Waals surface area contributed by atoms with Crippen molar-refractivity contribution in [2.45, 2.75) is 25.9 Å². The van der Waals surface area contributed by atoms with E-state index in [9.17, 15) is 9.59 Å². The number of aromatic amines is 1. The second-order valence-corrected chi connectivity index (χ2v) is 6.68. The summed E-state index contributed by atoms with van der Waals surface area (Å²) in [6.45, 7) is 3.20. The maximum absolute atomic E-state index is 12.4. The fourth-order valence-corrected chi connectivity index (χ4v) is 3.38. The molecule has 6 nitrogen and oxygen atoms in total. The van der Waals surface area contributed by atoms with Crippen LogP contribution in [-0.2, 0) is 9.53 Å². The van der Waals surface area contributed by atoms with Crippen LogP contribution in [0.15, 0.2) is 30.3 Å². The van der Waals surface area contributed by atoms with Crippen molar-refractivity contribution in [3.63, 3.8) is 0 Å². The van der Waals surface area contributed by atoms with Gasteiger partial charge < -0.3 is 20.4 Å². The summed E-state index contributed by atoms with van der Waals surface area (Å²) in [5, 5.41) is 5.76. The molecule has 4 rings (SSSR count). The number of aryl methyl sites for hydroxylation is 1. The maximum atomic E-state index is 12.4. The zero-order chi connectivity index (χ0) is 18.1. The Kier molecular flexibility index (Phi) is 4.34. The first-order chi connectivity index (χ1) is 12.6. The molecule has 0 saturated carbocycles. The molecule has 1 saturated heterocycles. The number of aromatic nitrogens is 1. The standard InChI is InChI=1S/C20H21N3O3/c1-12-9-18(20(25)21-11-13-5-4-8-26-13)22-17(12)10-15-14-6-2-3-7-16(14)23-19(15)24/h2-3,6-7,9-10,13,22H,4-5,8,11H2,1H3,(H,21,25)(H,23,24). The molecule has 134 valence electrons. The average molecular weight is 351 g/mol. The van der Waals surface area contributed by atoms with Crippen LogP contribution in [0.2, 0.25) is 0 Å². The van der Waals surface area contributed by atoms with Gasteiger partial charge in [-0.15, -0.1) is 0 Å². The molecule has 1 atom stereocenters. The first-order valence-corrected chi connectivity index (χ1v) is 8.83. The summed E-state index contributed by atoms with van der Waals surface area (Å²) >= 11 is 0. The molecule has 0 aliphatic carbocycles. The fraction of sp³-hybridized carbons (Fsp3) is 0.300. The SMILES string of the molecule is Cc1cc(C(=O)NCC2CCCO2)[nH]c1C=C1C(=O)Nc2ccccc21. The number of rotatable bonds is 4. The van der Waals surface area contributed by atoms with Gasteiger partial charge in [0.25, 0.3) is 11.8 Å². The van der Waals surface area contributed by atoms with E-state index >= 15 is 0 Å². The van der Waals surface area contributed by atoms with Crippen LogP contribution in [-0.4, -0.2) is 36.1 Å². The Hall–Kier alpha value is -2.86. The van der Waals surface area contributed by atoms with E-state index < -0.39 is 0 Å². The van der Waals surface area contributed by atoms with Gasteiger partial charge in [-0.2, -0.15) is 0 Å². The maximum Gasteiger partial charge on any atom is 0.267 e. The van der Waals surface area contributed by atoms with E-state index in [2.05, 4.69) is 15.6 Å². The van der Waals surface area contributed by atoms with Gasteiger partial charge in [-0.25, -0.2) is 0 Å². The van der Waals surface area contributed by atoms with Crippen LogP contribution in [0.3, 0.4) is 0 Å². The molecule has 2 amide bonds. The number of para-hydroxylation sites is 1. The molecule has 1 aromatic heterocycles. The molecular formula is C20H21N3O3. The van der Waals surface area contributed by atoms with Crippen molar-refractivity contribution >= 4 is 29.2 Å². The van der Waals surface area contributed by atoms with Gasteiger partial charge in [-0.1, -0.05) is 18.2 Å². The van der Waals surface area contributed by atoms with Crippen molar-refractivity contribution in [2.75, 3.05) is 18.5 Å². The highest BCUT2D eigenvalue weighted by Gasteiger charge is 2.24. The minimum atomic E-state index is -0.162. The van der Waals surface area contributed by atoms with E-state index in [0.717, 1.165) is 42.0 Å². The van der Waals surface area contributed by atoms with Gasteiger partial charge in [-0.05, 0) is 43.5 Å². The van der Waals surface area contributed by atoms with Crippen molar-refractivity contribution in [2.24, 2.45) is 0 Å². The number of nitrogens with one attached hydrogen (secondary N) is 3. The summed E-state index contributed by atoms with van der Waals surface area (Å²) in [4.78, 5) is 27.7. The Balaban J connectivity index is 1.53. The summed E-state index contributed by atoms with van der Waals surface area (Å²) in [7, 11) is 0. The Bertz CT molecular complexity index is 891. The number of benzene rings is 1. The third-order valence-electron chi connectivity index (χ3n) is 4.81. The van der Waals surface area contributed by atoms with Crippen LogP contribution < -0.4 is 10.6 Å². The zero-order valence-corrected chi connectivity index (χ0v) is 14.6. The molecule has 0 radical (unpaired) electrons. The van der Waals surface area contributed by atoms with E-state index in [1.807, 2.05) is 31.2 Å². The molecule has 26 heavy (non-hydrogen) atoms. The number of H-pyrrole nitrogens is 1. The number of carbonyl (C=O) groups is 2. The topological polar surface area (TPSA) is 83.2 Å². The van der Waals surface area contributed by atoms with Crippen molar-refractivity contribution in [3.05, 3.63) is 52.8 Å². The smallest absolute Gasteiger partial charge is 0.267 e. The highest BCUT2D eigenvalue weighted by Crippen LogP contribution is 2.33. The number of fused-ring (bicyclic) bond motifs is 1. The largest absolute Gasteiger partial charge is 0.376 e. The predicted octanol–water partition coefficient (Wildman–Crippen LogP) is 2.72. The molecule has 1 aromatic carbocycles. The Labute approximate surface area is 151 Å². The summed E-state index contributed by atoms with van der Waals surface area (Å²) in [5.74, 6) is -0.297. The van der Waals surface area contributed by atoms with Crippen LogP contribution in [0.1, 0.15) is 40.2 Å². The first kappa shape index (κ1) is 16.6. The van der Waals surface area contributed by atoms with Crippen LogP contribution in [0.25, 0.3) is 11.6 Å². The van der Waals surface area contributed by atoms with Crippen LogP contribution in [0.4, 0.5) is 5.69 Å². The van der Waals surface area contributed by atoms with Gasteiger partial charge in [0, 0.05) is 30.1 Å². The van der Waals surface area contributed by atoms with E-state index in [1.165, 1.54) is 0 Å². The van der Waals surface area contributed by atoms with E-state index in [4.69, 9.17) is 4.74 Å². The summed E-state index contributed by atoms with van der Waals surface area (Å²) in [6.07, 6.45) is 3.93. The number of hydrogen-bond donors (Lipinski definition) is 3. The second kappa shape index (κ2) is 6.80. The highest BCUT2D eigenvalue weighted by molar-refractivity contribution is 6.34. The van der Waals surface area contributed by atoms with Crippen LogP contribution in [0, 0.1) is 6.92 Å². The molecule has 0 bridgehead atoms. The van der Waals surface area contributed by atoms with Gasteiger partial charge in [-0.3, -0.25) is 9.59 Å². The minimum Gasteiger partial charge on any atom is -0.376 e. The van der Waals surface area contributed by atoms with Crippen molar-refractivity contribution < 1.29 is 14.3 Å². The number of carbonyl (C=O) groups excluding carboxylic acids is 2. The van der Waals surface area contributed by atoms with Gasteiger partial charge in [0.2, 0.25) is 0 Å². The van der Waals surface area contributed by atoms with Crippen LogP contribution in [0.5, 0.6) is 0 Å². The lowest BCUT2D eigenvalue weighted by atomic mass is 10.1. The molecule has 3 heterocycles. The van der Waals surface area contributed by atoms with Gasteiger partial charge in [0.1, 0.15) is 5.69 Å². The van der Waals surface area contributed by atoms with Gasteiger partial charge in [0.05, 0.1) is 11.7 Å². The lowest BCUT2D eigenvalue weighted by Crippen LogP contribution is -2.31. The van der Waals surface area contributed by atoms with Crippen molar-refractivity contribution in [3.8, 4) is 0 Å². The molecule has 0 spiro atoms. The number of ether oxygens (including phenoxy) is 1. The van der Waals surface area contributed by atoms with Crippen LogP contribution >= 0.6 is 0 Å². The molecule has 2 aliphatic heterocycles. The molecule has 3 N–H and O–H groups in total. The van der Waals surface area contributed by atoms with E-state index in [0.29, 0.717) is 17.8 Å². The zero-order valence-electron chi connectivity index (χ0n) is 14.6. The monoisotopic (exact) mass is 351 g/mol. The minimum absolute atomic E-state index is 0.107. The fourth-order valence-electron chi connectivity index (χ4n) is 3.38. The summed E-state index contributed by atoms with van der Waals surface area (Å²) in [6, 6.07) is 9.37. The van der Waals surface area contributed by atoms with E-state index in [1.54, 1.807) is 12.1 Å². The number of hydrogen-bond acceptors (Lipinski definition) is 3. The lowest BCUT2D eigenvalue weighted by molar-refractivity contribution is -0.110.